The zero-order valence-electron chi connectivity index (χ0n) is 14.4. The number of rotatable bonds is 4. The first-order valence-electron chi connectivity index (χ1n) is 8.81. The molecule has 0 bridgehead atoms. The SMILES string of the molecule is Cc1ccc(CN2CC[C@H]3C[C@H](C(=O)Nc4cccnc4)O[C@@H]3C2)o1. The highest BCUT2D eigenvalue weighted by atomic mass is 16.5. The van der Waals surface area contributed by atoms with Crippen LogP contribution in [0, 0.1) is 12.8 Å². The van der Waals surface area contributed by atoms with E-state index in [4.69, 9.17) is 9.15 Å². The summed E-state index contributed by atoms with van der Waals surface area (Å²) in [5.41, 5.74) is 0.709. The average Bonchev–Trinajstić information content (AvgIpc) is 3.21. The van der Waals surface area contributed by atoms with E-state index in [0.29, 0.717) is 11.6 Å². The smallest absolute Gasteiger partial charge is 0.253 e. The van der Waals surface area contributed by atoms with Gasteiger partial charge in [0, 0.05) is 12.7 Å². The standard InChI is InChI=1S/C19H23N3O3/c1-13-4-5-16(24-13)11-22-8-6-14-9-17(25-18(14)12-22)19(23)21-15-3-2-7-20-10-15/h2-5,7,10,14,17-18H,6,8-9,11-12H2,1H3,(H,21,23)/t14-,17+,18+/m0/s1. The van der Waals surface area contributed by atoms with Crippen LogP contribution in [0.2, 0.25) is 0 Å². The number of aryl methyl sites for hydroxylation is 1. The van der Waals surface area contributed by atoms with Gasteiger partial charge in [-0.3, -0.25) is 14.7 Å². The molecule has 6 heteroatoms. The highest BCUT2D eigenvalue weighted by Gasteiger charge is 2.41. The predicted octanol–water partition coefficient (Wildman–Crippen LogP) is 2.60. The van der Waals surface area contributed by atoms with Gasteiger partial charge in [0.05, 0.1) is 24.5 Å². The molecule has 2 aromatic heterocycles. The minimum absolute atomic E-state index is 0.0735. The molecule has 4 rings (SSSR count). The maximum absolute atomic E-state index is 12.4. The van der Waals surface area contributed by atoms with Crippen LogP contribution in [0.3, 0.4) is 0 Å². The molecule has 2 saturated heterocycles. The van der Waals surface area contributed by atoms with Crippen LogP contribution in [-0.2, 0) is 16.1 Å². The third kappa shape index (κ3) is 3.75. The number of nitrogens with zero attached hydrogens (tertiary/aromatic N) is 2. The highest BCUT2D eigenvalue weighted by molar-refractivity contribution is 5.94. The summed E-state index contributed by atoms with van der Waals surface area (Å²) >= 11 is 0. The molecular weight excluding hydrogens is 318 g/mol. The zero-order chi connectivity index (χ0) is 17.2. The van der Waals surface area contributed by atoms with E-state index in [-0.39, 0.29) is 18.1 Å². The summed E-state index contributed by atoms with van der Waals surface area (Å²) < 4.78 is 11.7. The van der Waals surface area contributed by atoms with Gasteiger partial charge in [-0.1, -0.05) is 0 Å². The molecule has 4 heterocycles. The molecular formula is C19H23N3O3. The molecule has 1 amide bonds. The molecule has 25 heavy (non-hydrogen) atoms. The van der Waals surface area contributed by atoms with Gasteiger partial charge in [-0.15, -0.1) is 0 Å². The van der Waals surface area contributed by atoms with Crippen molar-refractivity contribution in [2.24, 2.45) is 5.92 Å². The van der Waals surface area contributed by atoms with Crippen LogP contribution in [0.15, 0.2) is 41.1 Å². The van der Waals surface area contributed by atoms with Crippen molar-refractivity contribution in [3.63, 3.8) is 0 Å². The van der Waals surface area contributed by atoms with Crippen LogP contribution in [0.25, 0.3) is 0 Å². The minimum atomic E-state index is -0.374. The van der Waals surface area contributed by atoms with E-state index >= 15 is 0 Å². The summed E-state index contributed by atoms with van der Waals surface area (Å²) in [6.45, 7) is 4.62. The maximum atomic E-state index is 12.4. The number of piperidine rings is 1. The van der Waals surface area contributed by atoms with E-state index in [0.717, 1.165) is 44.0 Å². The number of fused-ring (bicyclic) bond motifs is 1. The summed E-state index contributed by atoms with van der Waals surface area (Å²) in [6, 6.07) is 7.66. The zero-order valence-corrected chi connectivity index (χ0v) is 14.4. The second-order valence-electron chi connectivity index (χ2n) is 6.93. The van der Waals surface area contributed by atoms with Crippen LogP contribution in [0.5, 0.6) is 0 Å². The number of anilines is 1. The van der Waals surface area contributed by atoms with E-state index < -0.39 is 0 Å². The maximum Gasteiger partial charge on any atom is 0.253 e. The van der Waals surface area contributed by atoms with Crippen LogP contribution < -0.4 is 5.32 Å². The second-order valence-corrected chi connectivity index (χ2v) is 6.93. The van der Waals surface area contributed by atoms with Crippen LogP contribution in [0.4, 0.5) is 5.69 Å². The van der Waals surface area contributed by atoms with Gasteiger partial charge in [0.2, 0.25) is 0 Å². The monoisotopic (exact) mass is 341 g/mol. The van der Waals surface area contributed by atoms with E-state index in [9.17, 15) is 4.79 Å². The number of hydrogen-bond acceptors (Lipinski definition) is 5. The highest BCUT2D eigenvalue weighted by Crippen LogP contribution is 2.34. The molecule has 2 aliphatic rings. The van der Waals surface area contributed by atoms with Gasteiger partial charge in [0.25, 0.3) is 5.91 Å². The number of aromatic nitrogens is 1. The van der Waals surface area contributed by atoms with E-state index in [1.165, 1.54) is 0 Å². The lowest BCUT2D eigenvalue weighted by atomic mass is 9.91. The summed E-state index contributed by atoms with van der Waals surface area (Å²) in [7, 11) is 0. The Morgan fingerprint density at radius 2 is 2.32 bits per heavy atom. The molecule has 1 N–H and O–H groups in total. The van der Waals surface area contributed by atoms with Gasteiger partial charge in [0.15, 0.2) is 0 Å². The molecule has 0 spiro atoms. The quantitative estimate of drug-likeness (QED) is 0.926. The number of pyridine rings is 1. The van der Waals surface area contributed by atoms with Gasteiger partial charge in [-0.2, -0.15) is 0 Å². The molecule has 2 fully saturated rings. The largest absolute Gasteiger partial charge is 0.465 e. The number of nitrogens with one attached hydrogen (secondary N) is 1. The second kappa shape index (κ2) is 6.98. The summed E-state index contributed by atoms with van der Waals surface area (Å²) in [4.78, 5) is 18.8. The number of carbonyl (C=O) groups excluding carboxylic acids is 1. The fraction of sp³-hybridized carbons (Fsp3) is 0.474. The summed E-state index contributed by atoms with van der Waals surface area (Å²) in [5.74, 6) is 2.31. The Balaban J connectivity index is 1.33. The number of amides is 1. The first-order valence-corrected chi connectivity index (χ1v) is 8.81. The Hall–Kier alpha value is -2.18. The molecule has 2 aliphatic heterocycles. The Morgan fingerprint density at radius 3 is 3.08 bits per heavy atom. The Morgan fingerprint density at radius 1 is 1.40 bits per heavy atom. The third-order valence-electron chi connectivity index (χ3n) is 5.03. The first-order chi connectivity index (χ1) is 12.2. The lowest BCUT2D eigenvalue weighted by Gasteiger charge is -2.33. The molecule has 0 radical (unpaired) electrons. The molecule has 0 aromatic carbocycles. The van der Waals surface area contributed by atoms with Crippen LogP contribution in [0.1, 0.15) is 24.4 Å². The Kier molecular flexibility index (Phi) is 4.55. The molecule has 0 aliphatic carbocycles. The van der Waals surface area contributed by atoms with Crippen molar-refractivity contribution in [2.75, 3.05) is 18.4 Å². The molecule has 3 atom stereocenters. The number of furan rings is 1. The van der Waals surface area contributed by atoms with Gasteiger partial charge in [0.1, 0.15) is 17.6 Å². The first kappa shape index (κ1) is 16.3. The number of hydrogen-bond donors (Lipinski definition) is 1. The van der Waals surface area contributed by atoms with Crippen LogP contribution in [-0.4, -0.2) is 41.1 Å². The van der Waals surface area contributed by atoms with Gasteiger partial charge < -0.3 is 14.5 Å². The lowest BCUT2D eigenvalue weighted by molar-refractivity contribution is -0.127. The van der Waals surface area contributed by atoms with E-state index in [1.807, 2.05) is 25.1 Å². The summed E-state index contributed by atoms with van der Waals surface area (Å²) in [6.07, 6.45) is 4.93. The normalized spacial score (nSPS) is 26.4. The van der Waals surface area contributed by atoms with Crippen molar-refractivity contribution < 1.29 is 13.9 Å². The fourth-order valence-electron chi connectivity index (χ4n) is 3.76. The third-order valence-corrected chi connectivity index (χ3v) is 5.03. The van der Waals surface area contributed by atoms with Gasteiger partial charge in [-0.05, 0) is 56.5 Å². The minimum Gasteiger partial charge on any atom is -0.465 e. The van der Waals surface area contributed by atoms with Crippen molar-refractivity contribution in [3.05, 3.63) is 48.2 Å². The van der Waals surface area contributed by atoms with E-state index in [1.54, 1.807) is 18.5 Å². The van der Waals surface area contributed by atoms with Crippen LogP contribution >= 0.6 is 0 Å². The fourth-order valence-corrected chi connectivity index (χ4v) is 3.76. The molecule has 2 aromatic rings. The van der Waals surface area contributed by atoms with Crippen molar-refractivity contribution in [1.29, 1.82) is 0 Å². The number of ether oxygens (including phenoxy) is 1. The van der Waals surface area contributed by atoms with Gasteiger partial charge in [-0.25, -0.2) is 0 Å². The topological polar surface area (TPSA) is 67.6 Å². The van der Waals surface area contributed by atoms with E-state index in [2.05, 4.69) is 15.2 Å². The number of carbonyl (C=O) groups is 1. The molecule has 0 unspecified atom stereocenters. The molecule has 132 valence electrons. The lowest BCUT2D eigenvalue weighted by Crippen LogP contribution is -2.41. The average molecular weight is 341 g/mol. The Bertz CT molecular complexity index is 731. The Labute approximate surface area is 147 Å². The van der Waals surface area contributed by atoms with Gasteiger partial charge >= 0.3 is 0 Å². The van der Waals surface area contributed by atoms with Crippen molar-refractivity contribution in [2.45, 2.75) is 38.5 Å². The van der Waals surface area contributed by atoms with Crippen molar-refractivity contribution >= 4 is 11.6 Å². The van der Waals surface area contributed by atoms with Crippen molar-refractivity contribution in [3.8, 4) is 0 Å². The number of likely N-dealkylation sites (tertiary alicyclic amines) is 1. The van der Waals surface area contributed by atoms with Crippen molar-refractivity contribution in [1.82, 2.24) is 9.88 Å². The summed E-state index contributed by atoms with van der Waals surface area (Å²) in [5, 5.41) is 2.89. The predicted molar refractivity (Wildman–Crippen MR) is 93.0 cm³/mol. The molecule has 6 nitrogen and oxygen atoms in total. The molecule has 0 saturated carbocycles.